The lowest BCUT2D eigenvalue weighted by Crippen LogP contribution is -2.42. The van der Waals surface area contributed by atoms with Gasteiger partial charge >= 0.3 is 0 Å². The first kappa shape index (κ1) is 15.4. The van der Waals surface area contributed by atoms with E-state index in [2.05, 4.69) is 5.32 Å². The number of hydrogen-bond acceptors (Lipinski definition) is 3. The smallest absolute Gasteiger partial charge is 0.222 e. The number of halogens is 1. The number of nitrogens with two attached hydrogens (primary N) is 1. The lowest BCUT2D eigenvalue weighted by Gasteiger charge is -2.25. The average molecular weight is 263 g/mol. The van der Waals surface area contributed by atoms with Crippen LogP contribution in [0.5, 0.6) is 0 Å². The zero-order valence-electron chi connectivity index (χ0n) is 9.82. The first-order chi connectivity index (χ1) is 6.92. The zero-order chi connectivity index (χ0) is 11.5. The minimum Gasteiger partial charge on any atom is -0.346 e. The Hall–Kier alpha value is -0.580. The minimum atomic E-state index is -0.305. The number of carbonyl (C=O) groups excluding carboxylic acids is 1. The molecule has 1 aromatic rings. The van der Waals surface area contributed by atoms with Crippen LogP contribution in [0.3, 0.4) is 0 Å². The molecular formula is C11H19ClN2OS. The molecule has 0 aliphatic heterocycles. The monoisotopic (exact) mass is 262 g/mol. The molecule has 0 saturated heterocycles. The molecule has 0 fully saturated rings. The SMILES string of the molecule is CC(N)CC(=O)NC(C)(C)c1cccs1.Cl. The Morgan fingerprint density at radius 3 is 2.69 bits per heavy atom. The van der Waals surface area contributed by atoms with Gasteiger partial charge in [-0.05, 0) is 32.2 Å². The molecule has 0 aliphatic carbocycles. The molecule has 0 spiro atoms. The van der Waals surface area contributed by atoms with Crippen LogP contribution >= 0.6 is 23.7 Å². The Labute approximate surface area is 107 Å². The number of amides is 1. The van der Waals surface area contributed by atoms with Crippen LogP contribution in [0.1, 0.15) is 32.1 Å². The van der Waals surface area contributed by atoms with Crippen LogP contribution in [0, 0.1) is 0 Å². The van der Waals surface area contributed by atoms with Crippen LogP contribution in [-0.4, -0.2) is 11.9 Å². The van der Waals surface area contributed by atoms with Crippen molar-refractivity contribution in [1.29, 1.82) is 0 Å². The van der Waals surface area contributed by atoms with Crippen molar-refractivity contribution < 1.29 is 4.79 Å². The van der Waals surface area contributed by atoms with E-state index in [0.717, 1.165) is 4.88 Å². The van der Waals surface area contributed by atoms with Gasteiger partial charge in [0.05, 0.1) is 5.54 Å². The van der Waals surface area contributed by atoms with Crippen molar-refractivity contribution in [2.45, 2.75) is 38.8 Å². The summed E-state index contributed by atoms with van der Waals surface area (Å²) in [5.74, 6) is 0.00315. The molecule has 16 heavy (non-hydrogen) atoms. The molecule has 1 amide bonds. The first-order valence-electron chi connectivity index (χ1n) is 5.02. The van der Waals surface area contributed by atoms with Crippen molar-refractivity contribution in [3.8, 4) is 0 Å². The van der Waals surface area contributed by atoms with Crippen molar-refractivity contribution in [2.24, 2.45) is 5.73 Å². The molecule has 1 unspecified atom stereocenters. The highest BCUT2D eigenvalue weighted by Crippen LogP contribution is 2.24. The second-order valence-electron chi connectivity index (χ2n) is 4.33. The topological polar surface area (TPSA) is 55.1 Å². The second-order valence-corrected chi connectivity index (χ2v) is 5.28. The van der Waals surface area contributed by atoms with E-state index in [1.807, 2.05) is 38.3 Å². The normalized spacial score (nSPS) is 12.8. The van der Waals surface area contributed by atoms with Gasteiger partial charge in [-0.3, -0.25) is 4.79 Å². The molecule has 0 aromatic carbocycles. The molecule has 3 N–H and O–H groups in total. The highest BCUT2D eigenvalue weighted by Gasteiger charge is 2.23. The number of nitrogens with one attached hydrogen (secondary N) is 1. The van der Waals surface area contributed by atoms with Crippen LogP contribution < -0.4 is 11.1 Å². The summed E-state index contributed by atoms with van der Waals surface area (Å²) in [6, 6.07) is 3.92. The Balaban J connectivity index is 0.00000225. The van der Waals surface area contributed by atoms with E-state index in [1.54, 1.807) is 11.3 Å². The van der Waals surface area contributed by atoms with Crippen molar-refractivity contribution in [3.05, 3.63) is 22.4 Å². The third-order valence-electron chi connectivity index (χ3n) is 2.10. The fourth-order valence-electron chi connectivity index (χ4n) is 1.39. The molecule has 0 aliphatic rings. The van der Waals surface area contributed by atoms with E-state index >= 15 is 0 Å². The van der Waals surface area contributed by atoms with Crippen LogP contribution in [0.4, 0.5) is 0 Å². The highest BCUT2D eigenvalue weighted by molar-refractivity contribution is 7.10. The lowest BCUT2D eigenvalue weighted by molar-refractivity contribution is -0.123. The Kier molecular flexibility index (Phi) is 6.00. The molecule has 92 valence electrons. The van der Waals surface area contributed by atoms with Gasteiger partial charge in [0, 0.05) is 17.3 Å². The largest absolute Gasteiger partial charge is 0.346 e. The van der Waals surface area contributed by atoms with Crippen LogP contribution in [0.2, 0.25) is 0 Å². The number of rotatable bonds is 4. The molecular weight excluding hydrogens is 244 g/mol. The lowest BCUT2D eigenvalue weighted by atomic mass is 10.0. The van der Waals surface area contributed by atoms with E-state index in [4.69, 9.17) is 5.73 Å². The van der Waals surface area contributed by atoms with E-state index < -0.39 is 0 Å². The number of thiophene rings is 1. The molecule has 0 radical (unpaired) electrons. The van der Waals surface area contributed by atoms with Gasteiger partial charge in [-0.25, -0.2) is 0 Å². The molecule has 1 rings (SSSR count). The van der Waals surface area contributed by atoms with Gasteiger partial charge in [-0.1, -0.05) is 6.07 Å². The van der Waals surface area contributed by atoms with Crippen molar-refractivity contribution in [2.75, 3.05) is 0 Å². The fourth-order valence-corrected chi connectivity index (χ4v) is 2.19. The molecule has 5 heteroatoms. The van der Waals surface area contributed by atoms with Crippen LogP contribution in [0.15, 0.2) is 17.5 Å². The summed E-state index contributed by atoms with van der Waals surface area (Å²) in [5, 5.41) is 4.99. The summed E-state index contributed by atoms with van der Waals surface area (Å²) < 4.78 is 0. The summed E-state index contributed by atoms with van der Waals surface area (Å²) in [4.78, 5) is 12.7. The number of carbonyl (C=O) groups is 1. The molecule has 1 aromatic heterocycles. The summed E-state index contributed by atoms with van der Waals surface area (Å²) in [7, 11) is 0. The molecule has 0 saturated carbocycles. The van der Waals surface area contributed by atoms with Gasteiger partial charge in [-0.15, -0.1) is 23.7 Å². The highest BCUT2D eigenvalue weighted by atomic mass is 35.5. The van der Waals surface area contributed by atoms with Crippen molar-refractivity contribution in [1.82, 2.24) is 5.32 Å². The molecule has 1 atom stereocenters. The van der Waals surface area contributed by atoms with Crippen LogP contribution in [0.25, 0.3) is 0 Å². The maximum atomic E-state index is 11.6. The predicted molar refractivity (Wildman–Crippen MR) is 71.0 cm³/mol. The molecule has 3 nitrogen and oxygen atoms in total. The Morgan fingerprint density at radius 2 is 2.25 bits per heavy atom. The Bertz CT molecular complexity index is 323. The minimum absolute atomic E-state index is 0. The Morgan fingerprint density at radius 1 is 1.62 bits per heavy atom. The second kappa shape index (κ2) is 6.23. The van der Waals surface area contributed by atoms with E-state index in [1.165, 1.54) is 0 Å². The number of hydrogen-bond donors (Lipinski definition) is 2. The average Bonchev–Trinajstić information content (AvgIpc) is 2.51. The molecule has 0 bridgehead atoms. The van der Waals surface area contributed by atoms with Crippen LogP contribution in [-0.2, 0) is 10.3 Å². The van der Waals surface area contributed by atoms with E-state index in [-0.39, 0.29) is 29.9 Å². The third-order valence-corrected chi connectivity index (χ3v) is 3.29. The maximum absolute atomic E-state index is 11.6. The van der Waals surface area contributed by atoms with Gasteiger partial charge in [0.1, 0.15) is 0 Å². The zero-order valence-corrected chi connectivity index (χ0v) is 11.5. The maximum Gasteiger partial charge on any atom is 0.222 e. The van der Waals surface area contributed by atoms with E-state index in [0.29, 0.717) is 6.42 Å². The summed E-state index contributed by atoms with van der Waals surface area (Å²) >= 11 is 1.64. The van der Waals surface area contributed by atoms with Gasteiger partial charge in [0.25, 0.3) is 0 Å². The summed E-state index contributed by atoms with van der Waals surface area (Å²) in [5.41, 5.74) is 5.27. The summed E-state index contributed by atoms with van der Waals surface area (Å²) in [6.07, 6.45) is 0.370. The summed E-state index contributed by atoms with van der Waals surface area (Å²) in [6.45, 7) is 5.83. The first-order valence-corrected chi connectivity index (χ1v) is 5.90. The van der Waals surface area contributed by atoms with Crippen molar-refractivity contribution in [3.63, 3.8) is 0 Å². The van der Waals surface area contributed by atoms with Gasteiger partial charge in [0.15, 0.2) is 0 Å². The van der Waals surface area contributed by atoms with E-state index in [9.17, 15) is 4.79 Å². The molecule has 1 heterocycles. The quantitative estimate of drug-likeness (QED) is 0.875. The van der Waals surface area contributed by atoms with Gasteiger partial charge in [-0.2, -0.15) is 0 Å². The van der Waals surface area contributed by atoms with Gasteiger partial charge < -0.3 is 11.1 Å². The fraction of sp³-hybridized carbons (Fsp3) is 0.545. The van der Waals surface area contributed by atoms with Gasteiger partial charge in [0.2, 0.25) is 5.91 Å². The predicted octanol–water partition coefficient (Wildman–Crippen LogP) is 2.26. The standard InChI is InChI=1S/C11H18N2OS.ClH/c1-8(12)7-10(14)13-11(2,3)9-5-4-6-15-9;/h4-6,8H,7,12H2,1-3H3,(H,13,14);1H. The third kappa shape index (κ3) is 4.51. The van der Waals surface area contributed by atoms with Crippen molar-refractivity contribution >= 4 is 29.7 Å².